The molecule has 1 saturated carbocycles. The molecule has 1 aliphatic rings. The zero-order valence-electron chi connectivity index (χ0n) is 17.4. The summed E-state index contributed by atoms with van der Waals surface area (Å²) < 4.78 is 6.61. The van der Waals surface area contributed by atoms with Crippen molar-refractivity contribution in [1.82, 2.24) is 14.8 Å². The fourth-order valence-electron chi connectivity index (χ4n) is 4.21. The molecule has 0 saturated heterocycles. The topological polar surface area (TPSA) is 86.1 Å². The number of hydrogen-bond donors (Lipinski definition) is 1. The number of carbonyl (C=O) groups excluding carboxylic acids is 2. The highest BCUT2D eigenvalue weighted by Gasteiger charge is 2.22. The van der Waals surface area contributed by atoms with Crippen LogP contribution in [0.1, 0.15) is 32.1 Å². The molecule has 1 N–H and O–H groups in total. The van der Waals surface area contributed by atoms with E-state index in [4.69, 9.17) is 9.84 Å². The number of rotatable bonds is 6. The summed E-state index contributed by atoms with van der Waals surface area (Å²) >= 11 is 1.33. The van der Waals surface area contributed by atoms with Gasteiger partial charge in [0.1, 0.15) is 5.69 Å². The molecule has 32 heavy (non-hydrogen) atoms. The van der Waals surface area contributed by atoms with Gasteiger partial charge in [0, 0.05) is 22.6 Å². The third-order valence-corrected chi connectivity index (χ3v) is 6.59. The summed E-state index contributed by atoms with van der Waals surface area (Å²) in [5.41, 5.74) is 3.35. The summed E-state index contributed by atoms with van der Waals surface area (Å²) in [5.74, 6) is 0.382. The molecule has 162 valence electrons. The molecule has 2 heterocycles. The minimum absolute atomic E-state index is 0.0752. The van der Waals surface area contributed by atoms with E-state index in [2.05, 4.69) is 10.3 Å². The number of amides is 1. The van der Waals surface area contributed by atoms with Crippen LogP contribution < -0.4 is 10.1 Å². The van der Waals surface area contributed by atoms with Crippen LogP contribution in [0.5, 0.6) is 5.88 Å². The van der Waals surface area contributed by atoms with Crippen molar-refractivity contribution in [2.45, 2.75) is 32.1 Å². The zero-order chi connectivity index (χ0) is 21.9. The number of aromatic nitrogens is 3. The van der Waals surface area contributed by atoms with Gasteiger partial charge in [0.05, 0.1) is 10.9 Å². The maximum atomic E-state index is 12.8. The lowest BCUT2D eigenvalue weighted by atomic mass is 9.88. The number of hydrogen-bond acceptors (Lipinski definition) is 6. The molecule has 4 aromatic rings. The Balaban J connectivity index is 1.56. The minimum atomic E-state index is 0.0752. The smallest absolute Gasteiger partial charge is 0.299 e. The Morgan fingerprint density at radius 1 is 1.12 bits per heavy atom. The van der Waals surface area contributed by atoms with Gasteiger partial charge in [-0.05, 0) is 31.0 Å². The van der Waals surface area contributed by atoms with E-state index in [1.165, 1.54) is 17.8 Å². The van der Waals surface area contributed by atoms with Crippen molar-refractivity contribution in [3.63, 3.8) is 0 Å². The average molecular weight is 447 g/mol. The molecular weight excluding hydrogens is 424 g/mol. The molecule has 1 aliphatic carbocycles. The van der Waals surface area contributed by atoms with Crippen molar-refractivity contribution in [2.75, 3.05) is 5.32 Å². The van der Waals surface area contributed by atoms with E-state index in [1.54, 1.807) is 10.1 Å². The summed E-state index contributed by atoms with van der Waals surface area (Å²) in [6.07, 6.45) is 5.32. The van der Waals surface area contributed by atoms with Gasteiger partial charge in [0.15, 0.2) is 0 Å². The molecule has 2 aromatic heterocycles. The van der Waals surface area contributed by atoms with E-state index in [0.717, 1.165) is 53.5 Å². The molecule has 8 heteroatoms. The average Bonchev–Trinajstić information content (AvgIpc) is 3.45. The summed E-state index contributed by atoms with van der Waals surface area (Å²) in [4.78, 5) is 27.8. The van der Waals surface area contributed by atoms with Crippen molar-refractivity contribution in [3.05, 3.63) is 53.9 Å². The highest BCUT2D eigenvalue weighted by atomic mass is 32.1. The molecule has 1 fully saturated rings. The summed E-state index contributed by atoms with van der Waals surface area (Å²) in [6.45, 7) is 0.355. The first-order valence-electron chi connectivity index (χ1n) is 10.7. The lowest BCUT2D eigenvalue weighted by Gasteiger charge is -2.20. The number of fused-ring (bicyclic) bond motifs is 1. The predicted molar refractivity (Wildman–Crippen MR) is 124 cm³/mol. The summed E-state index contributed by atoms with van der Waals surface area (Å²) in [7, 11) is 0. The fourth-order valence-corrected chi connectivity index (χ4v) is 4.90. The third-order valence-electron chi connectivity index (χ3n) is 5.79. The van der Waals surface area contributed by atoms with E-state index in [-0.39, 0.29) is 17.7 Å². The van der Waals surface area contributed by atoms with Crippen molar-refractivity contribution in [2.24, 2.45) is 5.92 Å². The van der Waals surface area contributed by atoms with Gasteiger partial charge in [-0.1, -0.05) is 60.9 Å². The monoisotopic (exact) mass is 446 g/mol. The highest BCUT2D eigenvalue weighted by molar-refractivity contribution is 7.12. The number of carbonyl (C=O) groups is 2. The Kier molecular flexibility index (Phi) is 5.68. The van der Waals surface area contributed by atoms with Crippen LogP contribution in [0.15, 0.2) is 53.9 Å². The van der Waals surface area contributed by atoms with E-state index < -0.39 is 0 Å². The second kappa shape index (κ2) is 8.92. The fraction of sp³-hybridized carbons (Fsp3) is 0.250. The quantitative estimate of drug-likeness (QED) is 0.411. The van der Waals surface area contributed by atoms with Gasteiger partial charge in [-0.2, -0.15) is 10.1 Å². The van der Waals surface area contributed by atoms with Gasteiger partial charge in [-0.15, -0.1) is 0 Å². The maximum absolute atomic E-state index is 12.8. The SMILES string of the molecule is O=COc1csc(-n2nc(-c3ccccc3)c3ccc(NC(=O)C4CCCCC4)cc32)n1. The van der Waals surface area contributed by atoms with Gasteiger partial charge in [0.25, 0.3) is 6.47 Å². The van der Waals surface area contributed by atoms with Crippen molar-refractivity contribution < 1.29 is 14.3 Å². The molecule has 0 unspecified atom stereocenters. The van der Waals surface area contributed by atoms with Crippen LogP contribution in [0.4, 0.5) is 5.69 Å². The Labute approximate surface area is 189 Å². The second-order valence-electron chi connectivity index (χ2n) is 7.86. The standard InChI is InChI=1S/C24H22N4O3S/c29-15-31-21-14-32-24(26-21)28-20-13-18(25-23(30)17-9-5-2-6-10-17)11-12-19(20)22(27-28)16-7-3-1-4-8-16/h1,3-4,7-8,11-15,17H,2,5-6,9-10H2,(H,25,30). The van der Waals surface area contributed by atoms with Crippen LogP contribution >= 0.6 is 11.3 Å². The lowest BCUT2D eigenvalue weighted by molar-refractivity contribution is -0.121. The van der Waals surface area contributed by atoms with E-state index in [0.29, 0.717) is 11.6 Å². The number of anilines is 1. The van der Waals surface area contributed by atoms with E-state index >= 15 is 0 Å². The van der Waals surface area contributed by atoms with Gasteiger partial charge >= 0.3 is 0 Å². The Morgan fingerprint density at radius 3 is 2.72 bits per heavy atom. The predicted octanol–water partition coefficient (Wildman–Crippen LogP) is 5.20. The zero-order valence-corrected chi connectivity index (χ0v) is 18.2. The van der Waals surface area contributed by atoms with Gasteiger partial charge in [0.2, 0.25) is 16.9 Å². The number of nitrogens with zero attached hydrogens (tertiary/aromatic N) is 3. The molecule has 0 radical (unpaired) electrons. The molecule has 7 nitrogen and oxygen atoms in total. The Morgan fingerprint density at radius 2 is 1.94 bits per heavy atom. The summed E-state index contributed by atoms with van der Waals surface area (Å²) in [5, 5.41) is 11.1. The van der Waals surface area contributed by atoms with Gasteiger partial charge in [-0.25, -0.2) is 4.68 Å². The Bertz CT molecular complexity index is 1260. The first-order chi connectivity index (χ1) is 15.7. The van der Waals surface area contributed by atoms with Gasteiger partial charge < -0.3 is 10.1 Å². The third kappa shape index (κ3) is 4.01. The molecule has 2 aromatic carbocycles. The van der Waals surface area contributed by atoms with Crippen LogP contribution in [0.25, 0.3) is 27.3 Å². The molecular formula is C24H22N4O3S. The number of benzene rings is 2. The highest BCUT2D eigenvalue weighted by Crippen LogP contribution is 2.33. The van der Waals surface area contributed by atoms with Crippen LogP contribution in [-0.2, 0) is 9.59 Å². The van der Waals surface area contributed by atoms with Crippen LogP contribution in [0.3, 0.4) is 0 Å². The first kappa shape index (κ1) is 20.4. The largest absolute Gasteiger partial charge is 0.409 e. The van der Waals surface area contributed by atoms with Crippen LogP contribution in [-0.4, -0.2) is 27.1 Å². The van der Waals surface area contributed by atoms with E-state index in [1.807, 2.05) is 48.5 Å². The first-order valence-corrected chi connectivity index (χ1v) is 11.6. The minimum Gasteiger partial charge on any atom is -0.409 e. The van der Waals surface area contributed by atoms with Crippen molar-refractivity contribution in [1.29, 1.82) is 0 Å². The normalized spacial score (nSPS) is 14.4. The molecule has 1 amide bonds. The summed E-state index contributed by atoms with van der Waals surface area (Å²) in [6, 6.07) is 15.7. The second-order valence-corrected chi connectivity index (χ2v) is 8.70. The number of thiazole rings is 1. The Hall–Kier alpha value is -3.52. The van der Waals surface area contributed by atoms with Gasteiger partial charge in [-0.3, -0.25) is 9.59 Å². The maximum Gasteiger partial charge on any atom is 0.299 e. The van der Waals surface area contributed by atoms with Crippen molar-refractivity contribution >= 4 is 40.3 Å². The molecule has 0 spiro atoms. The van der Waals surface area contributed by atoms with Crippen molar-refractivity contribution in [3.8, 4) is 22.3 Å². The molecule has 5 rings (SSSR count). The molecule has 0 aliphatic heterocycles. The molecule has 0 bridgehead atoms. The molecule has 0 atom stereocenters. The van der Waals surface area contributed by atoms with Crippen LogP contribution in [0.2, 0.25) is 0 Å². The van der Waals surface area contributed by atoms with Crippen LogP contribution in [0, 0.1) is 5.92 Å². The number of ether oxygens (including phenoxy) is 1. The number of nitrogens with one attached hydrogen (secondary N) is 1. The lowest BCUT2D eigenvalue weighted by Crippen LogP contribution is -2.24. The van der Waals surface area contributed by atoms with E-state index in [9.17, 15) is 9.59 Å².